The van der Waals surface area contributed by atoms with Gasteiger partial charge in [0.1, 0.15) is 0 Å². The van der Waals surface area contributed by atoms with E-state index in [0.717, 1.165) is 11.1 Å². The quantitative estimate of drug-likeness (QED) is 0.847. The molecule has 0 heterocycles. The molecule has 0 radical (unpaired) electrons. The van der Waals surface area contributed by atoms with E-state index in [9.17, 15) is 4.79 Å². The van der Waals surface area contributed by atoms with Gasteiger partial charge in [-0.25, -0.2) is 0 Å². The molecule has 0 fully saturated rings. The Morgan fingerprint density at radius 2 is 1.67 bits per heavy atom. The molecule has 2 nitrogen and oxygen atoms in total. The summed E-state index contributed by atoms with van der Waals surface area (Å²) in [6, 6.07) is 14.5. The van der Waals surface area contributed by atoms with Crippen LogP contribution in [0.5, 0.6) is 0 Å². The number of nitrogens with one attached hydrogen (secondary N) is 1. The summed E-state index contributed by atoms with van der Waals surface area (Å²) in [5.74, 6) is 0. The Bertz CT molecular complexity index is 540. The summed E-state index contributed by atoms with van der Waals surface area (Å²) in [5.41, 5.74) is 1.79. The SMILES string of the molecule is O=CNC(c1ccc(Cl)cc1)c1ccccc1Cl. The van der Waals surface area contributed by atoms with E-state index in [1.165, 1.54) is 0 Å². The summed E-state index contributed by atoms with van der Waals surface area (Å²) in [6.07, 6.45) is 0.669. The molecule has 0 saturated heterocycles. The van der Waals surface area contributed by atoms with Crippen LogP contribution in [-0.4, -0.2) is 6.41 Å². The first-order valence-electron chi connectivity index (χ1n) is 5.42. The van der Waals surface area contributed by atoms with Gasteiger partial charge in [0.2, 0.25) is 6.41 Å². The van der Waals surface area contributed by atoms with Crippen molar-refractivity contribution in [3.63, 3.8) is 0 Å². The fourth-order valence-corrected chi connectivity index (χ4v) is 2.17. The lowest BCUT2D eigenvalue weighted by molar-refractivity contribution is -0.110. The molecular weight excluding hydrogens is 269 g/mol. The number of rotatable bonds is 4. The molecule has 1 atom stereocenters. The highest BCUT2D eigenvalue weighted by molar-refractivity contribution is 6.31. The zero-order valence-electron chi connectivity index (χ0n) is 9.44. The Balaban J connectivity index is 2.43. The smallest absolute Gasteiger partial charge is 0.207 e. The zero-order chi connectivity index (χ0) is 13.0. The first-order chi connectivity index (χ1) is 8.72. The maximum Gasteiger partial charge on any atom is 0.207 e. The van der Waals surface area contributed by atoms with E-state index in [-0.39, 0.29) is 6.04 Å². The predicted octanol–water partition coefficient (Wildman–Crippen LogP) is 3.83. The van der Waals surface area contributed by atoms with Gasteiger partial charge in [0, 0.05) is 10.0 Å². The number of carbonyl (C=O) groups excluding carboxylic acids is 1. The van der Waals surface area contributed by atoms with E-state index in [2.05, 4.69) is 5.32 Å². The van der Waals surface area contributed by atoms with Gasteiger partial charge in [-0.15, -0.1) is 0 Å². The van der Waals surface area contributed by atoms with Gasteiger partial charge in [-0.05, 0) is 29.3 Å². The second-order valence-corrected chi connectivity index (χ2v) is 4.63. The highest BCUT2D eigenvalue weighted by Crippen LogP contribution is 2.28. The van der Waals surface area contributed by atoms with Crippen LogP contribution in [-0.2, 0) is 4.79 Å². The van der Waals surface area contributed by atoms with Crippen molar-refractivity contribution in [2.24, 2.45) is 0 Å². The van der Waals surface area contributed by atoms with Crippen molar-refractivity contribution >= 4 is 29.6 Å². The Kier molecular flexibility index (Phi) is 4.24. The molecule has 18 heavy (non-hydrogen) atoms. The van der Waals surface area contributed by atoms with Gasteiger partial charge in [-0.3, -0.25) is 4.79 Å². The molecule has 0 aromatic heterocycles. The summed E-state index contributed by atoms with van der Waals surface area (Å²) in [7, 11) is 0. The molecule has 0 spiro atoms. The van der Waals surface area contributed by atoms with Crippen LogP contribution in [0.25, 0.3) is 0 Å². The van der Waals surface area contributed by atoms with Crippen molar-refractivity contribution in [3.05, 3.63) is 69.7 Å². The van der Waals surface area contributed by atoms with Crippen molar-refractivity contribution in [2.75, 3.05) is 0 Å². The minimum atomic E-state index is -0.270. The predicted molar refractivity (Wildman–Crippen MR) is 73.9 cm³/mol. The van der Waals surface area contributed by atoms with E-state index < -0.39 is 0 Å². The van der Waals surface area contributed by atoms with E-state index >= 15 is 0 Å². The molecule has 0 aliphatic carbocycles. The highest BCUT2D eigenvalue weighted by Gasteiger charge is 2.15. The number of hydrogen-bond acceptors (Lipinski definition) is 1. The van der Waals surface area contributed by atoms with Crippen LogP contribution in [0.1, 0.15) is 17.2 Å². The van der Waals surface area contributed by atoms with Gasteiger partial charge in [0.25, 0.3) is 0 Å². The van der Waals surface area contributed by atoms with Crippen LogP contribution in [0, 0.1) is 0 Å². The molecule has 1 amide bonds. The molecule has 2 rings (SSSR count). The average Bonchev–Trinajstić information content (AvgIpc) is 2.38. The molecule has 0 aliphatic heterocycles. The second kappa shape index (κ2) is 5.89. The Morgan fingerprint density at radius 3 is 2.28 bits per heavy atom. The van der Waals surface area contributed by atoms with Gasteiger partial charge in [-0.1, -0.05) is 53.5 Å². The first kappa shape index (κ1) is 12.9. The van der Waals surface area contributed by atoms with E-state index in [1.807, 2.05) is 30.3 Å². The van der Waals surface area contributed by atoms with Crippen LogP contribution in [0.2, 0.25) is 10.0 Å². The standard InChI is InChI=1S/C14H11Cl2NO/c15-11-7-5-10(6-8-11)14(17-9-18)12-3-1-2-4-13(12)16/h1-9,14H,(H,17,18). The summed E-state index contributed by atoms with van der Waals surface area (Å²) in [6.45, 7) is 0. The minimum Gasteiger partial charge on any atom is -0.348 e. The third-order valence-corrected chi connectivity index (χ3v) is 3.25. The maximum atomic E-state index is 10.8. The Morgan fingerprint density at radius 1 is 1.00 bits per heavy atom. The normalized spacial score (nSPS) is 11.9. The monoisotopic (exact) mass is 279 g/mol. The fraction of sp³-hybridized carbons (Fsp3) is 0.0714. The van der Waals surface area contributed by atoms with Crippen molar-refractivity contribution in [2.45, 2.75) is 6.04 Å². The first-order valence-corrected chi connectivity index (χ1v) is 6.17. The largest absolute Gasteiger partial charge is 0.348 e. The third kappa shape index (κ3) is 2.84. The molecule has 0 bridgehead atoms. The fourth-order valence-electron chi connectivity index (χ4n) is 1.80. The molecule has 2 aromatic rings. The zero-order valence-corrected chi connectivity index (χ0v) is 10.9. The van der Waals surface area contributed by atoms with Crippen LogP contribution in [0.3, 0.4) is 0 Å². The molecule has 92 valence electrons. The summed E-state index contributed by atoms with van der Waals surface area (Å²) < 4.78 is 0. The van der Waals surface area contributed by atoms with Gasteiger partial charge in [0.05, 0.1) is 6.04 Å². The van der Waals surface area contributed by atoms with Crippen molar-refractivity contribution in [1.29, 1.82) is 0 Å². The Labute approximate surface area is 116 Å². The van der Waals surface area contributed by atoms with Gasteiger partial charge >= 0.3 is 0 Å². The summed E-state index contributed by atoms with van der Waals surface area (Å²) in [4.78, 5) is 10.8. The third-order valence-electron chi connectivity index (χ3n) is 2.65. The molecule has 1 N–H and O–H groups in total. The number of carbonyl (C=O) groups is 1. The lowest BCUT2D eigenvalue weighted by Gasteiger charge is -2.18. The van der Waals surface area contributed by atoms with Crippen LogP contribution in [0.15, 0.2) is 48.5 Å². The highest BCUT2D eigenvalue weighted by atomic mass is 35.5. The Hall–Kier alpha value is -1.51. The van der Waals surface area contributed by atoms with Gasteiger partial charge < -0.3 is 5.32 Å². The van der Waals surface area contributed by atoms with E-state index in [1.54, 1.807) is 18.2 Å². The number of benzene rings is 2. The van der Waals surface area contributed by atoms with Crippen molar-refractivity contribution < 1.29 is 4.79 Å². The number of amides is 1. The maximum absolute atomic E-state index is 10.8. The lowest BCUT2D eigenvalue weighted by atomic mass is 9.99. The van der Waals surface area contributed by atoms with Crippen molar-refractivity contribution in [1.82, 2.24) is 5.32 Å². The van der Waals surface area contributed by atoms with Gasteiger partial charge in [-0.2, -0.15) is 0 Å². The van der Waals surface area contributed by atoms with Crippen LogP contribution >= 0.6 is 23.2 Å². The molecule has 4 heteroatoms. The molecule has 0 saturated carbocycles. The molecule has 2 aromatic carbocycles. The average molecular weight is 280 g/mol. The summed E-state index contributed by atoms with van der Waals surface area (Å²) in [5, 5.41) is 4.04. The second-order valence-electron chi connectivity index (χ2n) is 3.79. The van der Waals surface area contributed by atoms with Crippen molar-refractivity contribution in [3.8, 4) is 0 Å². The summed E-state index contributed by atoms with van der Waals surface area (Å²) >= 11 is 12.0. The minimum absolute atomic E-state index is 0.270. The van der Waals surface area contributed by atoms with E-state index in [0.29, 0.717) is 16.5 Å². The topological polar surface area (TPSA) is 29.1 Å². The molecule has 0 aliphatic rings. The van der Waals surface area contributed by atoms with Crippen LogP contribution in [0.4, 0.5) is 0 Å². The van der Waals surface area contributed by atoms with E-state index in [4.69, 9.17) is 23.2 Å². The number of halogens is 2. The lowest BCUT2D eigenvalue weighted by Crippen LogP contribution is -2.20. The van der Waals surface area contributed by atoms with Gasteiger partial charge in [0.15, 0.2) is 0 Å². The molecular formula is C14H11Cl2NO. The molecule has 1 unspecified atom stereocenters. The van der Waals surface area contributed by atoms with Crippen LogP contribution < -0.4 is 5.32 Å². The number of hydrogen-bond donors (Lipinski definition) is 1.